The summed E-state index contributed by atoms with van der Waals surface area (Å²) >= 11 is 0. The molecular weight excluding hydrogens is 296 g/mol. The van der Waals surface area contributed by atoms with Crippen LogP contribution in [0.15, 0.2) is 36.8 Å². The molecule has 0 aliphatic rings. The summed E-state index contributed by atoms with van der Waals surface area (Å²) in [5.41, 5.74) is 1.73. The van der Waals surface area contributed by atoms with Crippen LogP contribution >= 0.6 is 0 Å². The Labute approximate surface area is 132 Å². The predicted octanol–water partition coefficient (Wildman–Crippen LogP) is 2.84. The Kier molecular flexibility index (Phi) is 3.97. The van der Waals surface area contributed by atoms with Crippen LogP contribution in [0.4, 0.5) is 0 Å². The zero-order valence-corrected chi connectivity index (χ0v) is 12.9. The fraction of sp³-hybridized carbons (Fsp3) is 0.235. The quantitative estimate of drug-likeness (QED) is 0.693. The van der Waals surface area contributed by atoms with Crippen molar-refractivity contribution in [1.29, 1.82) is 0 Å². The lowest BCUT2D eigenvalue weighted by Gasteiger charge is -2.06. The van der Waals surface area contributed by atoms with E-state index in [0.717, 1.165) is 10.9 Å². The van der Waals surface area contributed by atoms with E-state index < -0.39 is 11.9 Å². The van der Waals surface area contributed by atoms with Crippen LogP contribution < -0.4 is 0 Å². The second-order valence-electron chi connectivity index (χ2n) is 4.88. The van der Waals surface area contributed by atoms with Crippen molar-refractivity contribution < 1.29 is 19.1 Å². The van der Waals surface area contributed by atoms with Crippen LogP contribution in [-0.2, 0) is 9.47 Å². The molecule has 3 aromatic rings. The Balaban J connectivity index is 2.35. The molecule has 0 unspecified atom stereocenters. The van der Waals surface area contributed by atoms with Gasteiger partial charge in [0.1, 0.15) is 5.56 Å². The molecule has 0 radical (unpaired) electrons. The average molecular weight is 312 g/mol. The Bertz CT molecular complexity index is 898. The van der Waals surface area contributed by atoms with Crippen LogP contribution in [-0.4, -0.2) is 34.5 Å². The number of carbonyl (C=O) groups is 2. The molecule has 1 aromatic carbocycles. The van der Waals surface area contributed by atoms with Crippen LogP contribution in [0.1, 0.15) is 34.6 Å². The zero-order chi connectivity index (χ0) is 16.4. The van der Waals surface area contributed by atoms with Gasteiger partial charge in [0.15, 0.2) is 0 Å². The van der Waals surface area contributed by atoms with Crippen molar-refractivity contribution in [3.63, 3.8) is 0 Å². The van der Waals surface area contributed by atoms with E-state index in [9.17, 15) is 9.59 Å². The minimum atomic E-state index is -0.552. The number of nitrogens with zero attached hydrogens (tertiary/aromatic N) is 2. The zero-order valence-electron chi connectivity index (χ0n) is 12.9. The van der Waals surface area contributed by atoms with E-state index in [-0.39, 0.29) is 24.3 Å². The molecule has 6 nitrogen and oxygen atoms in total. The number of esters is 2. The molecule has 0 bridgehead atoms. The monoisotopic (exact) mass is 312 g/mol. The maximum absolute atomic E-state index is 12.4. The summed E-state index contributed by atoms with van der Waals surface area (Å²) in [6.07, 6.45) is 3.13. The Morgan fingerprint density at radius 2 is 1.78 bits per heavy atom. The average Bonchev–Trinajstić information content (AvgIpc) is 2.95. The minimum absolute atomic E-state index is 0.184. The normalized spacial score (nSPS) is 10.9. The van der Waals surface area contributed by atoms with E-state index in [1.165, 1.54) is 0 Å². The molecule has 0 spiro atoms. The molecule has 0 aliphatic heterocycles. The van der Waals surface area contributed by atoms with E-state index in [0.29, 0.717) is 5.52 Å². The molecule has 23 heavy (non-hydrogen) atoms. The molecule has 0 saturated carbocycles. The first kappa shape index (κ1) is 15.0. The van der Waals surface area contributed by atoms with Gasteiger partial charge in [-0.15, -0.1) is 0 Å². The molecule has 0 N–H and O–H groups in total. The summed E-state index contributed by atoms with van der Waals surface area (Å²) in [6.45, 7) is 3.89. The van der Waals surface area contributed by atoms with Gasteiger partial charge in [0.25, 0.3) is 0 Å². The third kappa shape index (κ3) is 2.52. The summed E-state index contributed by atoms with van der Waals surface area (Å²) in [7, 11) is 0. The molecular formula is C17H16N2O4. The molecule has 0 saturated heterocycles. The van der Waals surface area contributed by atoms with Crippen molar-refractivity contribution in [3.8, 4) is 0 Å². The number of fused-ring (bicyclic) bond motifs is 3. The molecule has 0 aliphatic carbocycles. The Morgan fingerprint density at radius 3 is 2.52 bits per heavy atom. The summed E-state index contributed by atoms with van der Waals surface area (Å²) < 4.78 is 11.8. The third-order valence-electron chi connectivity index (χ3n) is 3.49. The first-order valence-electron chi connectivity index (χ1n) is 7.40. The molecule has 0 atom stereocenters. The van der Waals surface area contributed by atoms with E-state index >= 15 is 0 Å². The van der Waals surface area contributed by atoms with Gasteiger partial charge in [-0.3, -0.25) is 0 Å². The van der Waals surface area contributed by atoms with Gasteiger partial charge < -0.3 is 13.9 Å². The van der Waals surface area contributed by atoms with Crippen molar-refractivity contribution in [2.75, 3.05) is 13.2 Å². The summed E-state index contributed by atoms with van der Waals surface area (Å²) in [5, 5.41) is 0.772. The van der Waals surface area contributed by atoms with Gasteiger partial charge in [0.2, 0.25) is 0 Å². The minimum Gasteiger partial charge on any atom is -0.462 e. The van der Waals surface area contributed by atoms with E-state index in [4.69, 9.17) is 9.47 Å². The number of para-hydroxylation sites is 1. The van der Waals surface area contributed by atoms with Crippen LogP contribution in [0.2, 0.25) is 0 Å². The molecule has 6 heteroatoms. The van der Waals surface area contributed by atoms with Gasteiger partial charge in [-0.05, 0) is 19.9 Å². The third-order valence-corrected chi connectivity index (χ3v) is 3.49. The molecule has 2 aromatic heterocycles. The number of benzene rings is 1. The van der Waals surface area contributed by atoms with Gasteiger partial charge in [0.05, 0.1) is 36.1 Å². The number of hydrogen-bond acceptors (Lipinski definition) is 5. The number of carbonyl (C=O) groups excluding carboxylic acids is 2. The summed E-state index contributed by atoms with van der Waals surface area (Å²) in [4.78, 5) is 29.0. The van der Waals surface area contributed by atoms with Crippen molar-refractivity contribution >= 4 is 28.4 Å². The number of ether oxygens (including phenoxy) is 2. The lowest BCUT2D eigenvalue weighted by Crippen LogP contribution is -2.12. The largest absolute Gasteiger partial charge is 0.462 e. The number of rotatable bonds is 4. The van der Waals surface area contributed by atoms with E-state index in [1.807, 2.05) is 24.3 Å². The second-order valence-corrected chi connectivity index (χ2v) is 4.88. The standard InChI is InChI=1S/C17H16N2O4/c1-3-22-16(20)12-9-19-10-18-13-8-6-5-7-11(13)15(19)14(12)17(21)23-4-2/h5-10H,3-4H2,1-2H3. The maximum Gasteiger partial charge on any atom is 0.341 e. The highest BCUT2D eigenvalue weighted by Gasteiger charge is 2.26. The second kappa shape index (κ2) is 6.08. The fourth-order valence-corrected chi connectivity index (χ4v) is 2.57. The van der Waals surface area contributed by atoms with Gasteiger partial charge in [-0.25, -0.2) is 14.6 Å². The highest BCUT2D eigenvalue weighted by Crippen LogP contribution is 2.27. The first-order chi connectivity index (χ1) is 11.2. The molecule has 0 amide bonds. The van der Waals surface area contributed by atoms with Crippen molar-refractivity contribution in [3.05, 3.63) is 47.9 Å². The smallest absolute Gasteiger partial charge is 0.341 e. The lowest BCUT2D eigenvalue weighted by molar-refractivity contribution is 0.0482. The van der Waals surface area contributed by atoms with Gasteiger partial charge >= 0.3 is 11.9 Å². The van der Waals surface area contributed by atoms with Crippen LogP contribution in [0.25, 0.3) is 16.4 Å². The number of hydrogen-bond donors (Lipinski definition) is 0. The summed E-state index contributed by atoms with van der Waals surface area (Å²) in [5.74, 6) is -1.10. The van der Waals surface area contributed by atoms with Crippen molar-refractivity contribution in [2.45, 2.75) is 13.8 Å². The maximum atomic E-state index is 12.4. The Morgan fingerprint density at radius 1 is 1.09 bits per heavy atom. The van der Waals surface area contributed by atoms with E-state index in [1.54, 1.807) is 30.8 Å². The lowest BCUT2D eigenvalue weighted by atomic mass is 10.1. The van der Waals surface area contributed by atoms with Crippen LogP contribution in [0.3, 0.4) is 0 Å². The van der Waals surface area contributed by atoms with Gasteiger partial charge in [-0.2, -0.15) is 0 Å². The molecule has 0 fully saturated rings. The number of aromatic nitrogens is 2. The van der Waals surface area contributed by atoms with Crippen LogP contribution in [0, 0.1) is 0 Å². The van der Waals surface area contributed by atoms with E-state index in [2.05, 4.69) is 4.98 Å². The predicted molar refractivity (Wildman–Crippen MR) is 84.6 cm³/mol. The Hall–Kier alpha value is -2.89. The van der Waals surface area contributed by atoms with Gasteiger partial charge in [0, 0.05) is 11.6 Å². The van der Waals surface area contributed by atoms with Gasteiger partial charge in [-0.1, -0.05) is 18.2 Å². The fourth-order valence-electron chi connectivity index (χ4n) is 2.57. The van der Waals surface area contributed by atoms with Crippen molar-refractivity contribution in [1.82, 2.24) is 9.38 Å². The SMILES string of the molecule is CCOC(=O)c1cn2cnc3ccccc3c2c1C(=O)OCC. The molecule has 3 rings (SSSR count). The summed E-state index contributed by atoms with van der Waals surface area (Å²) in [6, 6.07) is 7.43. The highest BCUT2D eigenvalue weighted by molar-refractivity contribution is 6.13. The highest BCUT2D eigenvalue weighted by atomic mass is 16.5. The van der Waals surface area contributed by atoms with Crippen LogP contribution in [0.5, 0.6) is 0 Å². The molecule has 2 heterocycles. The molecule has 118 valence electrons. The van der Waals surface area contributed by atoms with Crippen molar-refractivity contribution in [2.24, 2.45) is 0 Å². The topological polar surface area (TPSA) is 69.9 Å². The first-order valence-corrected chi connectivity index (χ1v) is 7.40.